The average molecular weight is 282 g/mol. The zero-order valence-electron chi connectivity index (χ0n) is 12.9. The van der Waals surface area contributed by atoms with Crippen molar-refractivity contribution in [2.24, 2.45) is 5.41 Å². The molecule has 3 N–H and O–H groups in total. The van der Waals surface area contributed by atoms with Crippen molar-refractivity contribution in [2.75, 3.05) is 6.54 Å². The predicted octanol–water partition coefficient (Wildman–Crippen LogP) is 2.68. The fraction of sp³-hybridized carbons (Fsp3) is 0.733. The van der Waals surface area contributed by atoms with Gasteiger partial charge < -0.3 is 15.7 Å². The smallest absolute Gasteiger partial charge is 0.315 e. The van der Waals surface area contributed by atoms with Crippen molar-refractivity contribution in [3.63, 3.8) is 0 Å². The maximum atomic E-state index is 11.9. The van der Waals surface area contributed by atoms with E-state index in [2.05, 4.69) is 16.7 Å². The number of rotatable bonds is 6. The standard InChI is InChI=1S/C15H26N2O3/c1-14(2,12(18)19)15(3,4)17-13(20)16-10-9-11-7-5-6-8-11/h7H,5-6,8-10H2,1-4H3,(H,18,19)(H2,16,17,20). The van der Waals surface area contributed by atoms with E-state index < -0.39 is 16.9 Å². The van der Waals surface area contributed by atoms with Crippen LogP contribution < -0.4 is 10.6 Å². The monoisotopic (exact) mass is 282 g/mol. The Morgan fingerprint density at radius 3 is 2.45 bits per heavy atom. The van der Waals surface area contributed by atoms with Crippen LogP contribution in [0.2, 0.25) is 0 Å². The fourth-order valence-electron chi connectivity index (χ4n) is 2.05. The Morgan fingerprint density at radius 2 is 1.95 bits per heavy atom. The molecule has 5 heteroatoms. The molecule has 0 aromatic heterocycles. The minimum absolute atomic E-state index is 0.317. The SMILES string of the molecule is CC(C)(NC(=O)NCCC1=CCCC1)C(C)(C)C(=O)O. The van der Waals surface area contributed by atoms with Crippen LogP contribution in [0.5, 0.6) is 0 Å². The first-order valence-electron chi connectivity index (χ1n) is 7.14. The Labute approximate surface area is 120 Å². The zero-order chi connectivity index (χ0) is 15.4. The molecule has 20 heavy (non-hydrogen) atoms. The van der Waals surface area contributed by atoms with Crippen molar-refractivity contribution in [1.82, 2.24) is 10.6 Å². The van der Waals surface area contributed by atoms with E-state index in [4.69, 9.17) is 0 Å². The molecule has 114 valence electrons. The van der Waals surface area contributed by atoms with Gasteiger partial charge in [-0.15, -0.1) is 0 Å². The highest BCUT2D eigenvalue weighted by Crippen LogP contribution is 2.30. The molecule has 1 rings (SSSR count). The molecule has 0 radical (unpaired) electrons. The molecule has 0 aromatic rings. The number of carboxylic acid groups (broad SMARTS) is 1. The summed E-state index contributed by atoms with van der Waals surface area (Å²) >= 11 is 0. The second-order valence-corrected chi connectivity index (χ2v) is 6.44. The maximum absolute atomic E-state index is 11.9. The van der Waals surface area contributed by atoms with E-state index >= 15 is 0 Å². The summed E-state index contributed by atoms with van der Waals surface area (Å²) in [7, 11) is 0. The van der Waals surface area contributed by atoms with Gasteiger partial charge in [-0.3, -0.25) is 4.79 Å². The van der Waals surface area contributed by atoms with Crippen LogP contribution in [0.4, 0.5) is 4.79 Å². The van der Waals surface area contributed by atoms with Gasteiger partial charge in [-0.25, -0.2) is 4.79 Å². The molecule has 0 unspecified atom stereocenters. The lowest BCUT2D eigenvalue weighted by Gasteiger charge is -2.38. The number of carbonyl (C=O) groups excluding carboxylic acids is 1. The Morgan fingerprint density at radius 1 is 1.30 bits per heavy atom. The van der Waals surface area contributed by atoms with Gasteiger partial charge in [0.05, 0.1) is 11.0 Å². The minimum atomic E-state index is -1.04. The van der Waals surface area contributed by atoms with Crippen molar-refractivity contribution < 1.29 is 14.7 Å². The molecule has 0 bridgehead atoms. The van der Waals surface area contributed by atoms with E-state index in [9.17, 15) is 14.7 Å². The van der Waals surface area contributed by atoms with Crippen molar-refractivity contribution in [3.8, 4) is 0 Å². The van der Waals surface area contributed by atoms with E-state index in [1.54, 1.807) is 27.7 Å². The molecule has 0 aliphatic heterocycles. The Balaban J connectivity index is 2.42. The normalized spacial score (nSPS) is 15.7. The lowest BCUT2D eigenvalue weighted by atomic mass is 9.74. The van der Waals surface area contributed by atoms with Crippen LogP contribution >= 0.6 is 0 Å². The van der Waals surface area contributed by atoms with E-state index in [1.807, 2.05) is 0 Å². The van der Waals surface area contributed by atoms with Crippen LogP contribution in [0.25, 0.3) is 0 Å². The largest absolute Gasteiger partial charge is 0.481 e. The highest BCUT2D eigenvalue weighted by molar-refractivity contribution is 5.79. The molecule has 1 aliphatic rings. The summed E-state index contributed by atoms with van der Waals surface area (Å²) in [6.45, 7) is 7.25. The number of aliphatic carboxylic acids is 1. The molecule has 0 saturated carbocycles. The summed E-state index contributed by atoms with van der Waals surface area (Å²) in [5, 5.41) is 14.8. The number of nitrogens with one attached hydrogen (secondary N) is 2. The molecule has 0 atom stereocenters. The van der Waals surface area contributed by atoms with Crippen molar-refractivity contribution in [3.05, 3.63) is 11.6 Å². The van der Waals surface area contributed by atoms with Gasteiger partial charge in [0.2, 0.25) is 0 Å². The van der Waals surface area contributed by atoms with Crippen molar-refractivity contribution in [1.29, 1.82) is 0 Å². The summed E-state index contributed by atoms with van der Waals surface area (Å²) < 4.78 is 0. The summed E-state index contributed by atoms with van der Waals surface area (Å²) in [6.07, 6.45) is 6.58. The van der Waals surface area contributed by atoms with Crippen LogP contribution in [0.15, 0.2) is 11.6 Å². The van der Waals surface area contributed by atoms with Crippen LogP contribution in [-0.2, 0) is 4.79 Å². The average Bonchev–Trinajstić information content (AvgIpc) is 2.80. The van der Waals surface area contributed by atoms with Crippen LogP contribution in [0.1, 0.15) is 53.4 Å². The molecule has 0 heterocycles. The van der Waals surface area contributed by atoms with Gasteiger partial charge in [0, 0.05) is 6.54 Å². The fourth-order valence-corrected chi connectivity index (χ4v) is 2.05. The quantitative estimate of drug-likeness (QED) is 0.655. The number of carboxylic acids is 1. The maximum Gasteiger partial charge on any atom is 0.315 e. The Bertz CT molecular complexity index is 411. The number of hydrogen-bond donors (Lipinski definition) is 3. The first-order chi connectivity index (χ1) is 9.17. The van der Waals surface area contributed by atoms with Crippen LogP contribution in [0, 0.1) is 5.41 Å². The topological polar surface area (TPSA) is 78.4 Å². The van der Waals surface area contributed by atoms with Gasteiger partial charge in [0.25, 0.3) is 0 Å². The second kappa shape index (κ2) is 6.29. The second-order valence-electron chi connectivity index (χ2n) is 6.44. The van der Waals surface area contributed by atoms with E-state index in [-0.39, 0.29) is 6.03 Å². The summed E-state index contributed by atoms with van der Waals surface area (Å²) in [5.41, 5.74) is -0.483. The zero-order valence-corrected chi connectivity index (χ0v) is 12.9. The number of allylic oxidation sites excluding steroid dienone is 1. The first-order valence-corrected chi connectivity index (χ1v) is 7.14. The summed E-state index contributed by atoms with van der Waals surface area (Å²) in [4.78, 5) is 23.1. The number of urea groups is 1. The molecule has 0 aromatic carbocycles. The highest BCUT2D eigenvalue weighted by atomic mass is 16.4. The van der Waals surface area contributed by atoms with Gasteiger partial charge in [-0.2, -0.15) is 0 Å². The van der Waals surface area contributed by atoms with Crippen LogP contribution in [-0.4, -0.2) is 29.2 Å². The Kier molecular flexibility index (Phi) is 5.20. The van der Waals surface area contributed by atoms with Gasteiger partial charge in [0.15, 0.2) is 0 Å². The molecule has 1 aliphatic carbocycles. The molecule has 5 nitrogen and oxygen atoms in total. The predicted molar refractivity (Wildman–Crippen MR) is 78.6 cm³/mol. The van der Waals surface area contributed by atoms with Gasteiger partial charge in [0.1, 0.15) is 0 Å². The Hall–Kier alpha value is -1.52. The van der Waals surface area contributed by atoms with Gasteiger partial charge >= 0.3 is 12.0 Å². The third-order valence-electron chi connectivity index (χ3n) is 4.39. The van der Waals surface area contributed by atoms with Gasteiger partial charge in [-0.05, 0) is 53.4 Å². The van der Waals surface area contributed by atoms with E-state index in [1.165, 1.54) is 12.0 Å². The molecule has 0 fully saturated rings. The molecule has 0 saturated heterocycles. The lowest BCUT2D eigenvalue weighted by Crippen LogP contribution is -2.59. The lowest BCUT2D eigenvalue weighted by molar-refractivity contribution is -0.150. The highest BCUT2D eigenvalue weighted by Gasteiger charge is 2.44. The van der Waals surface area contributed by atoms with E-state index in [0.717, 1.165) is 19.3 Å². The van der Waals surface area contributed by atoms with E-state index in [0.29, 0.717) is 6.54 Å². The molecular weight excluding hydrogens is 256 g/mol. The number of hydrogen-bond acceptors (Lipinski definition) is 2. The molecule has 2 amide bonds. The number of carbonyl (C=O) groups is 2. The van der Waals surface area contributed by atoms with Crippen molar-refractivity contribution in [2.45, 2.75) is 58.9 Å². The third-order valence-corrected chi connectivity index (χ3v) is 4.39. The van der Waals surface area contributed by atoms with Crippen molar-refractivity contribution >= 4 is 12.0 Å². The first kappa shape index (κ1) is 16.5. The van der Waals surface area contributed by atoms with Gasteiger partial charge in [-0.1, -0.05) is 11.6 Å². The minimum Gasteiger partial charge on any atom is -0.481 e. The molecule has 0 spiro atoms. The summed E-state index contributed by atoms with van der Waals surface area (Å²) in [6, 6.07) is -0.317. The summed E-state index contributed by atoms with van der Waals surface area (Å²) in [5.74, 6) is -0.932. The number of amides is 2. The third kappa shape index (κ3) is 3.99. The molecular formula is C15H26N2O3. The van der Waals surface area contributed by atoms with Crippen LogP contribution in [0.3, 0.4) is 0 Å².